The average molecular weight is 519 g/mol. The van der Waals surface area contributed by atoms with Crippen molar-refractivity contribution in [3.63, 3.8) is 0 Å². The van der Waals surface area contributed by atoms with Gasteiger partial charge >= 0.3 is 12.1 Å². The zero-order valence-electron chi connectivity index (χ0n) is 17.0. The van der Waals surface area contributed by atoms with Crippen LogP contribution in [0, 0.1) is 0 Å². The number of halogens is 4. The topological polar surface area (TPSA) is 90.7 Å². The highest BCUT2D eigenvalue weighted by Gasteiger charge is 2.35. The molecule has 0 radical (unpaired) electrons. The lowest BCUT2D eigenvalue weighted by molar-refractivity contribution is -0.142. The Labute approximate surface area is 203 Å². The van der Waals surface area contributed by atoms with Crippen LogP contribution >= 0.6 is 36.4 Å². The fraction of sp³-hybridized carbons (Fsp3) is 0.190. The molecule has 0 unspecified atom stereocenters. The maximum atomic E-state index is 13.6. The fourth-order valence-corrected chi connectivity index (χ4v) is 3.87. The molecule has 3 N–H and O–H groups in total. The molecule has 6 nitrogen and oxygen atoms in total. The molecule has 0 bridgehead atoms. The molecule has 3 rings (SSSR count). The van der Waals surface area contributed by atoms with E-state index in [9.17, 15) is 22.8 Å². The number of carbonyl (C=O) groups is 2. The van der Waals surface area contributed by atoms with Crippen molar-refractivity contribution in [1.82, 2.24) is 5.32 Å². The number of thiocarbonyl (C=S) groups is 1. The van der Waals surface area contributed by atoms with Gasteiger partial charge in [0.15, 0.2) is 0 Å². The van der Waals surface area contributed by atoms with E-state index in [2.05, 4.69) is 10.1 Å². The van der Waals surface area contributed by atoms with Crippen molar-refractivity contribution >= 4 is 58.7 Å². The summed E-state index contributed by atoms with van der Waals surface area (Å²) in [7, 11) is 1.23. The van der Waals surface area contributed by atoms with Gasteiger partial charge in [0.1, 0.15) is 21.9 Å². The van der Waals surface area contributed by atoms with Crippen molar-refractivity contribution in [2.75, 3.05) is 7.11 Å². The molecular weight excluding hydrogens is 501 g/mol. The zero-order valence-corrected chi connectivity index (χ0v) is 19.4. The summed E-state index contributed by atoms with van der Waals surface area (Å²) in [6.45, 7) is 0. The predicted octanol–water partition coefficient (Wildman–Crippen LogP) is 4.45. The standard InChI is InChI=1S/C21H17F3N2O4S2.ClH/c1-29-19(28)15(25)9-11-2-5-13(6-3-11)30-16-7-4-12(8-14(16)21(22,23)24)10-17-18(27)26-20(31)32-17;/h2-8,10,15H,9,25H2,1H3,(H,26,27,31);1H/b17-10-;/t15-;/m0./s1. The van der Waals surface area contributed by atoms with Crippen molar-refractivity contribution in [3.05, 3.63) is 64.1 Å². The first-order valence-electron chi connectivity index (χ1n) is 9.13. The van der Waals surface area contributed by atoms with Gasteiger partial charge in [0.2, 0.25) is 0 Å². The first-order valence-corrected chi connectivity index (χ1v) is 10.4. The molecule has 0 spiro atoms. The van der Waals surface area contributed by atoms with Crippen LogP contribution in [0.5, 0.6) is 11.5 Å². The first kappa shape index (κ1) is 26.7. The van der Waals surface area contributed by atoms with Gasteiger partial charge in [-0.05, 0) is 47.9 Å². The van der Waals surface area contributed by atoms with E-state index in [1.807, 2.05) is 0 Å². The van der Waals surface area contributed by atoms with Gasteiger partial charge in [-0.25, -0.2) is 0 Å². The van der Waals surface area contributed by atoms with E-state index in [0.29, 0.717) is 5.56 Å². The van der Waals surface area contributed by atoms with E-state index in [-0.39, 0.29) is 39.4 Å². The van der Waals surface area contributed by atoms with E-state index >= 15 is 0 Å². The van der Waals surface area contributed by atoms with Crippen LogP contribution in [0.25, 0.3) is 6.08 Å². The lowest BCUT2D eigenvalue weighted by Gasteiger charge is -2.15. The van der Waals surface area contributed by atoms with Gasteiger partial charge in [0.25, 0.3) is 5.91 Å². The molecule has 0 aliphatic carbocycles. The summed E-state index contributed by atoms with van der Waals surface area (Å²) >= 11 is 5.86. The van der Waals surface area contributed by atoms with Gasteiger partial charge < -0.3 is 20.5 Å². The summed E-state index contributed by atoms with van der Waals surface area (Å²) in [4.78, 5) is 23.4. The third kappa shape index (κ3) is 6.94. The molecule has 1 amide bonds. The minimum atomic E-state index is -4.68. The van der Waals surface area contributed by atoms with Crippen LogP contribution in [0.15, 0.2) is 47.4 Å². The summed E-state index contributed by atoms with van der Waals surface area (Å²) in [5.41, 5.74) is 5.59. The van der Waals surface area contributed by atoms with Crippen LogP contribution in [-0.4, -0.2) is 29.3 Å². The molecule has 176 valence electrons. The highest BCUT2D eigenvalue weighted by molar-refractivity contribution is 8.26. The summed E-state index contributed by atoms with van der Waals surface area (Å²) in [5.74, 6) is -1.24. The van der Waals surface area contributed by atoms with Crippen molar-refractivity contribution < 1.29 is 32.2 Å². The van der Waals surface area contributed by atoms with Crippen molar-refractivity contribution in [2.45, 2.75) is 18.6 Å². The van der Waals surface area contributed by atoms with Gasteiger partial charge in [0, 0.05) is 0 Å². The smallest absolute Gasteiger partial charge is 0.420 e. The maximum Gasteiger partial charge on any atom is 0.420 e. The number of amides is 1. The number of hydrogen-bond donors (Lipinski definition) is 2. The molecule has 1 heterocycles. The van der Waals surface area contributed by atoms with Gasteiger partial charge in [-0.3, -0.25) is 9.59 Å². The lowest BCUT2D eigenvalue weighted by atomic mass is 10.1. The Balaban J connectivity index is 0.00000385. The summed E-state index contributed by atoms with van der Waals surface area (Å²) in [5, 5.41) is 2.41. The second kappa shape index (κ2) is 11.0. The normalized spacial score (nSPS) is 15.6. The Morgan fingerprint density at radius 3 is 2.45 bits per heavy atom. The van der Waals surface area contributed by atoms with Gasteiger partial charge in [-0.15, -0.1) is 12.4 Å². The number of ether oxygens (including phenoxy) is 2. The second-order valence-electron chi connectivity index (χ2n) is 6.69. The van der Waals surface area contributed by atoms with E-state index in [4.69, 9.17) is 22.7 Å². The van der Waals surface area contributed by atoms with Gasteiger partial charge in [0.05, 0.1) is 17.6 Å². The Kier molecular flexibility index (Phi) is 8.89. The highest BCUT2D eigenvalue weighted by atomic mass is 35.5. The summed E-state index contributed by atoms with van der Waals surface area (Å²) in [6.07, 6.45) is -3.14. The van der Waals surface area contributed by atoms with E-state index in [1.54, 1.807) is 12.1 Å². The van der Waals surface area contributed by atoms with Crippen LogP contribution in [-0.2, 0) is 26.9 Å². The number of rotatable bonds is 6. The minimum absolute atomic E-state index is 0. The molecule has 1 fully saturated rings. The third-order valence-corrected chi connectivity index (χ3v) is 5.52. The molecule has 33 heavy (non-hydrogen) atoms. The molecule has 1 saturated heterocycles. The number of hydrogen-bond acceptors (Lipinski definition) is 7. The van der Waals surface area contributed by atoms with Crippen molar-refractivity contribution in [2.24, 2.45) is 5.73 Å². The quantitative estimate of drug-likeness (QED) is 0.331. The molecular formula is C21H18ClF3N2O4S2. The molecule has 0 saturated carbocycles. The average Bonchev–Trinajstić information content (AvgIpc) is 3.05. The Bertz CT molecular complexity index is 1090. The van der Waals surface area contributed by atoms with Crippen molar-refractivity contribution in [1.29, 1.82) is 0 Å². The first-order chi connectivity index (χ1) is 15.1. The number of nitrogens with two attached hydrogens (primary N) is 1. The summed E-state index contributed by atoms with van der Waals surface area (Å²) in [6, 6.07) is 8.82. The molecule has 1 aliphatic heterocycles. The Hall–Kier alpha value is -2.60. The van der Waals surface area contributed by atoms with Crippen LogP contribution in [0.3, 0.4) is 0 Å². The minimum Gasteiger partial charge on any atom is -0.468 e. The number of benzene rings is 2. The Morgan fingerprint density at radius 2 is 1.91 bits per heavy atom. The number of alkyl halides is 3. The number of thioether (sulfide) groups is 1. The zero-order chi connectivity index (χ0) is 23.5. The molecule has 2 aromatic rings. The van der Waals surface area contributed by atoms with Crippen LogP contribution in [0.1, 0.15) is 16.7 Å². The number of esters is 1. The number of methoxy groups -OCH3 is 1. The fourth-order valence-electron chi connectivity index (χ4n) is 2.83. The molecule has 1 aliphatic rings. The number of nitrogens with one attached hydrogen (secondary N) is 1. The predicted molar refractivity (Wildman–Crippen MR) is 125 cm³/mol. The second-order valence-corrected chi connectivity index (χ2v) is 8.40. The summed E-state index contributed by atoms with van der Waals surface area (Å²) < 4.78 is 51.2. The van der Waals surface area contributed by atoms with E-state index < -0.39 is 35.4 Å². The monoisotopic (exact) mass is 518 g/mol. The molecule has 0 aromatic heterocycles. The SMILES string of the molecule is COC(=O)[C@@H](N)Cc1ccc(Oc2ccc(/C=C3\SC(=S)NC3=O)cc2C(F)(F)F)cc1.Cl. The van der Waals surface area contributed by atoms with Crippen LogP contribution in [0.4, 0.5) is 13.2 Å². The van der Waals surface area contributed by atoms with E-state index in [0.717, 1.165) is 17.8 Å². The lowest BCUT2D eigenvalue weighted by Crippen LogP contribution is -2.33. The van der Waals surface area contributed by atoms with Gasteiger partial charge in [-0.2, -0.15) is 13.2 Å². The molecule has 12 heteroatoms. The van der Waals surface area contributed by atoms with Crippen LogP contribution < -0.4 is 15.8 Å². The Morgan fingerprint density at radius 1 is 1.24 bits per heavy atom. The van der Waals surface area contributed by atoms with E-state index in [1.165, 1.54) is 37.5 Å². The van der Waals surface area contributed by atoms with Crippen LogP contribution in [0.2, 0.25) is 0 Å². The molecule has 1 atom stereocenters. The maximum absolute atomic E-state index is 13.6. The highest BCUT2D eigenvalue weighted by Crippen LogP contribution is 2.39. The third-order valence-electron chi connectivity index (χ3n) is 4.36. The van der Waals surface area contributed by atoms with Crippen molar-refractivity contribution in [3.8, 4) is 11.5 Å². The number of carbonyl (C=O) groups excluding carboxylic acids is 2. The molecule has 2 aromatic carbocycles. The van der Waals surface area contributed by atoms with Gasteiger partial charge in [-0.1, -0.05) is 42.2 Å². The largest absolute Gasteiger partial charge is 0.468 e.